The van der Waals surface area contributed by atoms with Crippen LogP contribution < -0.4 is 0 Å². The molecule has 25 heavy (non-hydrogen) atoms. The molecular formula is C15H22N7O2P. The quantitative estimate of drug-likeness (QED) is 0.757. The Hall–Kier alpha value is -1.51. The Balaban J connectivity index is 1.73. The highest BCUT2D eigenvalue weighted by Crippen LogP contribution is 2.65. The molecule has 4 aliphatic rings. The largest absolute Gasteiger partial charge is 0.373 e. The molecular weight excluding hydrogens is 341 g/mol. The van der Waals surface area contributed by atoms with Gasteiger partial charge in [0.1, 0.15) is 12.9 Å². The molecule has 0 aliphatic carbocycles. The highest BCUT2D eigenvalue weighted by molar-refractivity contribution is 7.64. The molecule has 0 saturated carbocycles. The molecule has 0 spiro atoms. The highest BCUT2D eigenvalue weighted by Gasteiger charge is 2.63. The van der Waals surface area contributed by atoms with Crippen molar-refractivity contribution in [2.45, 2.75) is 11.4 Å². The number of aromatic nitrogens is 4. The van der Waals surface area contributed by atoms with Gasteiger partial charge in [-0.05, 0) is 0 Å². The van der Waals surface area contributed by atoms with Crippen LogP contribution in [-0.2, 0) is 24.3 Å². The second-order valence-electron chi connectivity index (χ2n) is 7.45. The number of hydrogen-bond acceptors (Lipinski definition) is 7. The number of rotatable bonds is 3. The summed E-state index contributed by atoms with van der Waals surface area (Å²) in [5.41, 5.74) is -1.53. The number of aliphatic hydroxyl groups is 1. The Morgan fingerprint density at radius 2 is 1.56 bits per heavy atom. The number of aryl methyl sites for hydroxylation is 2. The van der Waals surface area contributed by atoms with Gasteiger partial charge >= 0.3 is 0 Å². The maximum Gasteiger partial charge on any atom is 0.203 e. The van der Waals surface area contributed by atoms with Crippen molar-refractivity contribution in [3.63, 3.8) is 0 Å². The summed E-state index contributed by atoms with van der Waals surface area (Å²) >= 11 is 0. The Kier molecular flexibility index (Phi) is 3.16. The third kappa shape index (κ3) is 2.01. The zero-order valence-corrected chi connectivity index (χ0v) is 15.2. The van der Waals surface area contributed by atoms with Crippen molar-refractivity contribution in [1.82, 2.24) is 33.8 Å². The van der Waals surface area contributed by atoms with Gasteiger partial charge in [0.2, 0.25) is 5.60 Å². The van der Waals surface area contributed by atoms with E-state index in [0.717, 1.165) is 6.67 Å². The third-order valence-corrected chi connectivity index (χ3v) is 8.88. The Morgan fingerprint density at radius 1 is 1.04 bits per heavy atom. The van der Waals surface area contributed by atoms with Gasteiger partial charge in [0, 0.05) is 38.9 Å². The summed E-state index contributed by atoms with van der Waals surface area (Å²) in [5, 5.41) is 12.1. The molecule has 3 atom stereocenters. The molecule has 4 fully saturated rings. The van der Waals surface area contributed by atoms with E-state index in [4.69, 9.17) is 0 Å². The van der Waals surface area contributed by atoms with Crippen LogP contribution in [0.1, 0.15) is 11.6 Å². The summed E-state index contributed by atoms with van der Waals surface area (Å²) in [7, 11) is 1.00. The standard InChI is InChI=1S/C15H22N7O2P/c1-18-5-3-16-12(18)15(23,13-17-4-6-19(13)2)14-22-8-20-7-21(9-22)11-25(14,24)10-20/h3-6,14,23H,7-11H2,1-2H3. The molecule has 9 nitrogen and oxygen atoms in total. The molecule has 6 heterocycles. The lowest BCUT2D eigenvalue weighted by atomic mass is 10.00. The van der Waals surface area contributed by atoms with Gasteiger partial charge in [-0.25, -0.2) is 9.97 Å². The predicted molar refractivity (Wildman–Crippen MR) is 90.7 cm³/mol. The first-order chi connectivity index (χ1) is 11.9. The fourth-order valence-corrected chi connectivity index (χ4v) is 8.60. The zero-order chi connectivity index (χ0) is 17.4. The van der Waals surface area contributed by atoms with Crippen molar-refractivity contribution in [2.75, 3.05) is 32.6 Å². The summed E-state index contributed by atoms with van der Waals surface area (Å²) < 4.78 is 17.5. The number of imidazole rings is 2. The third-order valence-electron chi connectivity index (χ3n) is 5.53. The van der Waals surface area contributed by atoms with E-state index >= 15 is 0 Å². The van der Waals surface area contributed by atoms with Gasteiger partial charge < -0.3 is 18.8 Å². The number of nitrogens with zero attached hydrogens (tertiary/aromatic N) is 7. The fraction of sp³-hybridized carbons (Fsp3) is 0.600. The summed E-state index contributed by atoms with van der Waals surface area (Å²) in [5.74, 6) is 0.453. The van der Waals surface area contributed by atoms with Crippen molar-refractivity contribution in [1.29, 1.82) is 0 Å². The summed E-state index contributed by atoms with van der Waals surface area (Å²) in [6.45, 7) is 2.28. The van der Waals surface area contributed by atoms with Gasteiger partial charge in [0.15, 0.2) is 11.6 Å². The van der Waals surface area contributed by atoms with Crippen molar-refractivity contribution in [3.05, 3.63) is 36.4 Å². The van der Waals surface area contributed by atoms with Crippen LogP contribution in [-0.4, -0.2) is 77.3 Å². The van der Waals surface area contributed by atoms with Gasteiger partial charge in [-0.15, -0.1) is 0 Å². The molecule has 4 saturated heterocycles. The van der Waals surface area contributed by atoms with E-state index in [1.807, 2.05) is 14.1 Å². The molecule has 134 valence electrons. The minimum Gasteiger partial charge on any atom is -0.373 e. The minimum absolute atomic E-state index is 0.486. The smallest absolute Gasteiger partial charge is 0.203 e. The molecule has 4 aliphatic heterocycles. The second kappa shape index (κ2) is 5.02. The van der Waals surface area contributed by atoms with Crippen LogP contribution in [0.25, 0.3) is 0 Å². The van der Waals surface area contributed by atoms with Crippen LogP contribution in [0.3, 0.4) is 0 Å². The van der Waals surface area contributed by atoms with Gasteiger partial charge in [0.05, 0.1) is 32.6 Å². The first kappa shape index (κ1) is 15.7. The van der Waals surface area contributed by atoms with E-state index in [9.17, 15) is 9.67 Å². The normalized spacial score (nSPS) is 36.9. The summed E-state index contributed by atoms with van der Waals surface area (Å²) in [6.07, 6.45) is 8.02. The van der Waals surface area contributed by atoms with Gasteiger partial charge in [-0.3, -0.25) is 14.7 Å². The van der Waals surface area contributed by atoms with Crippen molar-refractivity contribution >= 4 is 7.14 Å². The lowest BCUT2D eigenvalue weighted by molar-refractivity contribution is -0.104. The van der Waals surface area contributed by atoms with Crippen LogP contribution in [0.5, 0.6) is 0 Å². The topological polar surface area (TPSA) is 82.7 Å². The van der Waals surface area contributed by atoms with E-state index in [-0.39, 0.29) is 0 Å². The molecule has 2 aromatic heterocycles. The summed E-state index contributed by atoms with van der Waals surface area (Å²) in [6, 6.07) is 0. The zero-order valence-electron chi connectivity index (χ0n) is 14.4. The van der Waals surface area contributed by atoms with E-state index in [1.54, 1.807) is 33.9 Å². The SMILES string of the molecule is Cn1ccnc1C(O)(c1nccn1C)C1N2CN3CN(C2)CP1(=O)C3. The van der Waals surface area contributed by atoms with Gasteiger partial charge in [0.25, 0.3) is 0 Å². The lowest BCUT2D eigenvalue weighted by Gasteiger charge is -2.61. The van der Waals surface area contributed by atoms with Crippen molar-refractivity contribution in [2.24, 2.45) is 14.1 Å². The molecule has 1 N–H and O–H groups in total. The van der Waals surface area contributed by atoms with E-state index in [2.05, 4.69) is 24.7 Å². The average molecular weight is 363 g/mol. The van der Waals surface area contributed by atoms with Crippen LogP contribution in [0.4, 0.5) is 0 Å². The monoisotopic (exact) mass is 363 g/mol. The molecule has 0 aromatic carbocycles. The van der Waals surface area contributed by atoms with Gasteiger partial charge in [-0.2, -0.15) is 0 Å². The molecule has 3 unspecified atom stereocenters. The molecule has 2 aromatic rings. The van der Waals surface area contributed by atoms with Crippen LogP contribution in [0, 0.1) is 0 Å². The first-order valence-electron chi connectivity index (χ1n) is 8.36. The fourth-order valence-electron chi connectivity index (χ4n) is 4.84. The van der Waals surface area contributed by atoms with Crippen LogP contribution in [0.15, 0.2) is 24.8 Å². The lowest BCUT2D eigenvalue weighted by Crippen LogP contribution is -2.71. The van der Waals surface area contributed by atoms with Crippen LogP contribution in [0.2, 0.25) is 0 Å². The Bertz CT molecular complexity index is 819. The molecule has 4 bridgehead atoms. The molecule has 10 heteroatoms. The average Bonchev–Trinajstić information content (AvgIpc) is 3.13. The number of hydrogen-bond donors (Lipinski definition) is 1. The summed E-state index contributed by atoms with van der Waals surface area (Å²) in [4.78, 5) is 15.4. The van der Waals surface area contributed by atoms with Crippen molar-refractivity contribution < 1.29 is 9.67 Å². The predicted octanol–water partition coefficient (Wildman–Crippen LogP) is -0.187. The van der Waals surface area contributed by atoms with E-state index < -0.39 is 18.5 Å². The maximum atomic E-state index is 13.9. The Labute approximate surface area is 145 Å². The second-order valence-corrected chi connectivity index (χ2v) is 10.4. The van der Waals surface area contributed by atoms with E-state index in [1.165, 1.54) is 0 Å². The van der Waals surface area contributed by atoms with E-state index in [0.29, 0.717) is 37.6 Å². The molecule has 6 rings (SSSR count). The molecule has 0 radical (unpaired) electrons. The van der Waals surface area contributed by atoms with Crippen molar-refractivity contribution in [3.8, 4) is 0 Å². The van der Waals surface area contributed by atoms with Crippen LogP contribution >= 0.6 is 7.14 Å². The molecule has 0 amide bonds. The minimum atomic E-state index is -2.70. The Morgan fingerprint density at radius 3 is 1.96 bits per heavy atom. The highest BCUT2D eigenvalue weighted by atomic mass is 31.2. The first-order valence-corrected chi connectivity index (χ1v) is 10.5. The van der Waals surface area contributed by atoms with Gasteiger partial charge in [-0.1, -0.05) is 0 Å². The maximum absolute atomic E-state index is 13.9.